The van der Waals surface area contributed by atoms with Gasteiger partial charge in [0.2, 0.25) is 0 Å². The number of likely N-dealkylation sites (N-methyl/N-ethyl adjacent to an activating group) is 1. The van der Waals surface area contributed by atoms with Gasteiger partial charge in [0.05, 0.1) is 22.4 Å². The highest BCUT2D eigenvalue weighted by atomic mass is 35.5. The maximum Gasteiger partial charge on any atom is 0.257 e. The van der Waals surface area contributed by atoms with Crippen LogP contribution >= 0.6 is 11.6 Å². The first kappa shape index (κ1) is 23.1. The van der Waals surface area contributed by atoms with Crippen molar-refractivity contribution < 1.29 is 9.53 Å². The van der Waals surface area contributed by atoms with Crippen molar-refractivity contribution in [1.82, 2.24) is 25.6 Å². The normalized spacial score (nSPS) is 17.4. The van der Waals surface area contributed by atoms with Gasteiger partial charge in [0, 0.05) is 19.2 Å². The minimum absolute atomic E-state index is 0.0302. The molecule has 9 heteroatoms. The van der Waals surface area contributed by atoms with Crippen LogP contribution in [0.3, 0.4) is 0 Å². The van der Waals surface area contributed by atoms with E-state index in [2.05, 4.69) is 50.2 Å². The van der Waals surface area contributed by atoms with E-state index in [1.54, 1.807) is 13.2 Å². The van der Waals surface area contributed by atoms with E-state index in [1.165, 1.54) is 5.56 Å². The van der Waals surface area contributed by atoms with Gasteiger partial charge >= 0.3 is 0 Å². The number of anilines is 1. The van der Waals surface area contributed by atoms with Crippen molar-refractivity contribution in [2.45, 2.75) is 18.4 Å². The molecule has 0 spiro atoms. The number of halogens is 1. The number of ether oxygens (including phenoxy) is 1. The second-order valence-electron chi connectivity index (χ2n) is 8.75. The number of fused-ring (bicyclic) bond motifs is 1. The monoisotopic (exact) mass is 490 g/mol. The van der Waals surface area contributed by atoms with Gasteiger partial charge in [-0.2, -0.15) is 0 Å². The van der Waals surface area contributed by atoms with Gasteiger partial charge in [0.25, 0.3) is 5.91 Å². The third-order valence-corrected chi connectivity index (χ3v) is 6.56. The zero-order chi connectivity index (χ0) is 24.3. The van der Waals surface area contributed by atoms with E-state index < -0.39 is 0 Å². The van der Waals surface area contributed by atoms with Crippen LogP contribution in [-0.2, 0) is 11.2 Å². The first-order valence-electron chi connectivity index (χ1n) is 11.6. The Labute approximate surface area is 208 Å². The van der Waals surface area contributed by atoms with E-state index in [0.29, 0.717) is 22.2 Å². The molecule has 1 atom stereocenters. The van der Waals surface area contributed by atoms with Crippen LogP contribution in [0.1, 0.15) is 12.0 Å². The van der Waals surface area contributed by atoms with Crippen molar-refractivity contribution in [2.75, 3.05) is 32.1 Å². The summed E-state index contributed by atoms with van der Waals surface area (Å²) in [6.07, 6.45) is 3.49. The number of benzene rings is 2. The number of carbonyl (C=O) groups excluding carboxylic acids is 1. The lowest BCUT2D eigenvalue weighted by Crippen LogP contribution is -2.42. The highest BCUT2D eigenvalue weighted by Crippen LogP contribution is 2.35. The SMILES string of the molecule is CNC(=O)COc1ccc(-c2nc3ncc(Cl)c(N[C@]4(Cc5ccccc5)CCNC4)c3[nH]2)cc1. The van der Waals surface area contributed by atoms with E-state index in [4.69, 9.17) is 21.3 Å². The van der Waals surface area contributed by atoms with Gasteiger partial charge in [-0.05, 0) is 49.2 Å². The number of hydrogen-bond acceptors (Lipinski definition) is 6. The van der Waals surface area contributed by atoms with Gasteiger partial charge in [0.1, 0.15) is 17.1 Å². The molecule has 0 radical (unpaired) electrons. The number of carbonyl (C=O) groups is 1. The number of H-pyrrole nitrogens is 1. The fourth-order valence-corrected chi connectivity index (χ4v) is 4.61. The molecular weight excluding hydrogens is 464 g/mol. The first-order valence-corrected chi connectivity index (χ1v) is 11.9. The molecule has 4 N–H and O–H groups in total. The summed E-state index contributed by atoms with van der Waals surface area (Å²) in [6, 6.07) is 17.9. The number of amides is 1. The molecule has 0 saturated carbocycles. The summed E-state index contributed by atoms with van der Waals surface area (Å²) in [5.41, 5.74) is 4.14. The summed E-state index contributed by atoms with van der Waals surface area (Å²) >= 11 is 6.65. The molecule has 5 rings (SSSR count). The Morgan fingerprint density at radius 2 is 1.97 bits per heavy atom. The van der Waals surface area contributed by atoms with Crippen molar-refractivity contribution >= 4 is 34.4 Å². The number of aromatic amines is 1. The van der Waals surface area contributed by atoms with Crippen molar-refractivity contribution in [3.05, 3.63) is 71.4 Å². The predicted molar refractivity (Wildman–Crippen MR) is 138 cm³/mol. The molecule has 3 heterocycles. The van der Waals surface area contributed by atoms with Gasteiger partial charge in [0.15, 0.2) is 12.3 Å². The van der Waals surface area contributed by atoms with E-state index in [1.807, 2.05) is 30.3 Å². The molecule has 1 amide bonds. The Morgan fingerprint density at radius 1 is 1.17 bits per heavy atom. The highest BCUT2D eigenvalue weighted by Gasteiger charge is 2.35. The minimum Gasteiger partial charge on any atom is -0.484 e. The summed E-state index contributed by atoms with van der Waals surface area (Å²) < 4.78 is 5.49. The van der Waals surface area contributed by atoms with Crippen LogP contribution in [0.25, 0.3) is 22.6 Å². The Kier molecular flexibility index (Phi) is 6.57. The topological polar surface area (TPSA) is 104 Å². The Hall–Kier alpha value is -3.62. The number of hydrogen-bond donors (Lipinski definition) is 4. The predicted octanol–water partition coefficient (Wildman–Crippen LogP) is 3.79. The molecule has 8 nitrogen and oxygen atoms in total. The van der Waals surface area contributed by atoms with Gasteiger partial charge in [-0.25, -0.2) is 9.97 Å². The van der Waals surface area contributed by atoms with Crippen molar-refractivity contribution in [3.63, 3.8) is 0 Å². The van der Waals surface area contributed by atoms with E-state index in [-0.39, 0.29) is 18.1 Å². The van der Waals surface area contributed by atoms with Crippen LogP contribution < -0.4 is 20.7 Å². The average molecular weight is 491 g/mol. The van der Waals surface area contributed by atoms with Crippen LogP contribution in [0, 0.1) is 0 Å². The molecule has 1 fully saturated rings. The molecule has 1 aliphatic heterocycles. The largest absolute Gasteiger partial charge is 0.484 e. The second-order valence-corrected chi connectivity index (χ2v) is 9.15. The van der Waals surface area contributed by atoms with Gasteiger partial charge in [-0.15, -0.1) is 0 Å². The summed E-state index contributed by atoms with van der Waals surface area (Å²) in [5, 5.41) is 10.3. The molecule has 2 aromatic carbocycles. The summed E-state index contributed by atoms with van der Waals surface area (Å²) in [4.78, 5) is 24.0. The number of pyridine rings is 1. The number of nitrogens with zero attached hydrogens (tertiary/aromatic N) is 2. The molecule has 1 aliphatic rings. The van der Waals surface area contributed by atoms with Gasteiger partial charge in [-0.1, -0.05) is 41.9 Å². The number of aromatic nitrogens is 3. The zero-order valence-corrected chi connectivity index (χ0v) is 20.2. The molecule has 0 unspecified atom stereocenters. The summed E-state index contributed by atoms with van der Waals surface area (Å²) in [6.45, 7) is 1.74. The van der Waals surface area contributed by atoms with E-state index in [0.717, 1.165) is 42.7 Å². The van der Waals surface area contributed by atoms with Crippen molar-refractivity contribution in [1.29, 1.82) is 0 Å². The molecule has 4 aromatic rings. The van der Waals surface area contributed by atoms with Crippen LogP contribution in [-0.4, -0.2) is 53.1 Å². The first-order chi connectivity index (χ1) is 17.0. The van der Waals surface area contributed by atoms with Crippen LogP contribution in [0.4, 0.5) is 5.69 Å². The highest BCUT2D eigenvalue weighted by molar-refractivity contribution is 6.34. The number of imidazole rings is 1. The Bertz CT molecular complexity index is 1320. The lowest BCUT2D eigenvalue weighted by atomic mass is 9.89. The third-order valence-electron chi connectivity index (χ3n) is 6.27. The smallest absolute Gasteiger partial charge is 0.257 e. The zero-order valence-electron chi connectivity index (χ0n) is 19.4. The average Bonchev–Trinajstić information content (AvgIpc) is 3.53. The van der Waals surface area contributed by atoms with Gasteiger partial charge < -0.3 is 25.7 Å². The van der Waals surface area contributed by atoms with Crippen LogP contribution in [0.15, 0.2) is 60.8 Å². The standard InChI is InChI=1S/C26H27ClN6O2/c1-28-21(34)15-35-19-9-7-18(8-10-19)24-31-23-22(20(27)14-30-25(23)32-24)33-26(11-12-29-16-26)13-17-5-3-2-4-6-17/h2-10,14,29H,11-13,15-16H2,1H3,(H,28,34)(H2,30,31,32,33)/t26-/m0/s1. The lowest BCUT2D eigenvalue weighted by Gasteiger charge is -2.31. The lowest BCUT2D eigenvalue weighted by molar-refractivity contribution is -0.122. The fraction of sp³-hybridized carbons (Fsp3) is 0.269. The van der Waals surface area contributed by atoms with Crippen molar-refractivity contribution in [2.24, 2.45) is 0 Å². The molecule has 0 bridgehead atoms. The minimum atomic E-state index is -0.183. The van der Waals surface area contributed by atoms with Crippen LogP contribution in [0.5, 0.6) is 5.75 Å². The summed E-state index contributed by atoms with van der Waals surface area (Å²) in [5.74, 6) is 1.10. The van der Waals surface area contributed by atoms with Crippen LogP contribution in [0.2, 0.25) is 5.02 Å². The maximum atomic E-state index is 11.4. The summed E-state index contributed by atoms with van der Waals surface area (Å²) in [7, 11) is 1.58. The molecule has 0 aliphatic carbocycles. The molecular formula is C26H27ClN6O2. The maximum absolute atomic E-state index is 11.4. The quantitative estimate of drug-likeness (QED) is 0.299. The van der Waals surface area contributed by atoms with E-state index >= 15 is 0 Å². The molecule has 1 saturated heterocycles. The number of nitrogens with one attached hydrogen (secondary N) is 4. The Balaban J connectivity index is 1.42. The second kappa shape index (κ2) is 9.93. The molecule has 2 aromatic heterocycles. The van der Waals surface area contributed by atoms with E-state index in [9.17, 15) is 4.79 Å². The Morgan fingerprint density at radius 3 is 2.69 bits per heavy atom. The third kappa shape index (κ3) is 5.08. The molecule has 35 heavy (non-hydrogen) atoms. The fourth-order valence-electron chi connectivity index (χ4n) is 4.42. The van der Waals surface area contributed by atoms with Crippen molar-refractivity contribution in [3.8, 4) is 17.1 Å². The molecule has 180 valence electrons. The number of rotatable bonds is 8. The van der Waals surface area contributed by atoms with Gasteiger partial charge in [-0.3, -0.25) is 4.79 Å².